The summed E-state index contributed by atoms with van der Waals surface area (Å²) in [5.41, 5.74) is 0. The maximum absolute atomic E-state index is 11.4. The molecule has 0 aromatic carbocycles. The first-order chi connectivity index (χ1) is 8.52. The van der Waals surface area contributed by atoms with E-state index in [1.807, 2.05) is 0 Å². The summed E-state index contributed by atoms with van der Waals surface area (Å²) >= 11 is 0. The summed E-state index contributed by atoms with van der Waals surface area (Å²) < 4.78 is 0. The van der Waals surface area contributed by atoms with Crippen molar-refractivity contribution in [3.8, 4) is 0 Å². The number of carboxylic acid groups (broad SMARTS) is 1. The normalized spacial score (nSPS) is 21.2. The lowest BCUT2D eigenvalue weighted by molar-refractivity contribution is -0.137. The molecule has 0 aromatic rings. The summed E-state index contributed by atoms with van der Waals surface area (Å²) in [5, 5.41) is 13.3. The van der Waals surface area contributed by atoms with Gasteiger partial charge in [-0.05, 0) is 25.2 Å². The van der Waals surface area contributed by atoms with Crippen molar-refractivity contribution in [1.82, 2.24) is 10.6 Å². The first-order valence-corrected chi connectivity index (χ1v) is 6.35. The number of rotatable bonds is 7. The van der Waals surface area contributed by atoms with Crippen LogP contribution in [0.4, 0.5) is 4.79 Å². The van der Waals surface area contributed by atoms with Gasteiger partial charge in [0.05, 0.1) is 0 Å². The van der Waals surface area contributed by atoms with Gasteiger partial charge in [0.1, 0.15) is 0 Å². The van der Waals surface area contributed by atoms with Gasteiger partial charge in [-0.15, -0.1) is 0 Å². The predicted octanol–water partition coefficient (Wildman–Crippen LogP) is 1.26. The molecule has 1 saturated carbocycles. The number of urea groups is 1. The van der Waals surface area contributed by atoms with Gasteiger partial charge in [-0.2, -0.15) is 0 Å². The summed E-state index contributed by atoms with van der Waals surface area (Å²) in [5.74, 6) is -0.822. The van der Waals surface area contributed by atoms with Crippen molar-refractivity contribution in [2.45, 2.75) is 51.5 Å². The van der Waals surface area contributed by atoms with Crippen LogP contribution in [0.25, 0.3) is 0 Å². The van der Waals surface area contributed by atoms with Crippen LogP contribution in [0.15, 0.2) is 0 Å². The highest BCUT2D eigenvalue weighted by Gasteiger charge is 2.37. The van der Waals surface area contributed by atoms with Gasteiger partial charge in [0.25, 0.3) is 0 Å². The Bertz CT molecular complexity index is 330. The Balaban J connectivity index is 2.09. The second kappa shape index (κ2) is 6.98. The van der Waals surface area contributed by atoms with Crippen LogP contribution in [0.3, 0.4) is 0 Å². The molecule has 1 fully saturated rings. The Hall–Kier alpha value is -1.59. The molecular formula is C12H20N2O4. The van der Waals surface area contributed by atoms with Gasteiger partial charge in [0.15, 0.2) is 0 Å². The summed E-state index contributed by atoms with van der Waals surface area (Å²) in [4.78, 5) is 32.9. The van der Waals surface area contributed by atoms with Gasteiger partial charge in [0.2, 0.25) is 5.91 Å². The molecule has 0 bridgehead atoms. The second-order valence-corrected chi connectivity index (χ2v) is 4.66. The molecule has 0 heterocycles. The number of carbonyl (C=O) groups is 3. The van der Waals surface area contributed by atoms with Crippen molar-refractivity contribution in [2.75, 3.05) is 0 Å². The molecular weight excluding hydrogens is 236 g/mol. The molecule has 1 aliphatic carbocycles. The number of nitrogens with one attached hydrogen (secondary N) is 2. The molecule has 0 aromatic heterocycles. The van der Waals surface area contributed by atoms with Crippen LogP contribution in [0.2, 0.25) is 0 Å². The third-order valence-corrected chi connectivity index (χ3v) is 2.95. The van der Waals surface area contributed by atoms with E-state index in [0.29, 0.717) is 5.92 Å². The summed E-state index contributed by atoms with van der Waals surface area (Å²) in [6.07, 6.45) is 3.42. The lowest BCUT2D eigenvalue weighted by Gasteiger charge is -2.05. The van der Waals surface area contributed by atoms with E-state index in [1.165, 1.54) is 0 Å². The van der Waals surface area contributed by atoms with Crippen molar-refractivity contribution in [3.05, 3.63) is 0 Å². The standard InChI is InChI=1S/C12H20N2O4/c1-2-4-8-7-9(8)13-12(18)14-10(15)5-3-6-11(16)17/h8-9H,2-7H2,1H3,(H,16,17)(H2,13,14,15,18). The Morgan fingerprint density at radius 1 is 1.28 bits per heavy atom. The predicted molar refractivity (Wildman–Crippen MR) is 65.0 cm³/mol. The van der Waals surface area contributed by atoms with Crippen molar-refractivity contribution in [3.63, 3.8) is 0 Å². The number of hydrogen-bond donors (Lipinski definition) is 3. The molecule has 3 amide bonds. The smallest absolute Gasteiger partial charge is 0.321 e. The first kappa shape index (κ1) is 14.5. The fourth-order valence-electron chi connectivity index (χ4n) is 1.91. The average Bonchev–Trinajstić information content (AvgIpc) is 2.95. The molecule has 18 heavy (non-hydrogen) atoms. The third kappa shape index (κ3) is 5.65. The minimum absolute atomic E-state index is 0.0583. The van der Waals surface area contributed by atoms with Gasteiger partial charge in [-0.25, -0.2) is 4.79 Å². The fraction of sp³-hybridized carbons (Fsp3) is 0.750. The topological polar surface area (TPSA) is 95.5 Å². The minimum atomic E-state index is -0.937. The highest BCUT2D eigenvalue weighted by atomic mass is 16.4. The molecule has 2 unspecified atom stereocenters. The van der Waals surface area contributed by atoms with Crippen molar-refractivity contribution < 1.29 is 19.5 Å². The van der Waals surface area contributed by atoms with Crippen LogP contribution in [-0.4, -0.2) is 29.1 Å². The monoisotopic (exact) mass is 256 g/mol. The molecule has 102 valence electrons. The molecule has 0 aliphatic heterocycles. The Labute approximate surface area is 106 Å². The lowest BCUT2D eigenvalue weighted by atomic mass is 10.2. The van der Waals surface area contributed by atoms with Crippen molar-refractivity contribution in [2.24, 2.45) is 5.92 Å². The molecule has 1 aliphatic rings. The van der Waals surface area contributed by atoms with E-state index in [0.717, 1.165) is 19.3 Å². The van der Waals surface area contributed by atoms with E-state index >= 15 is 0 Å². The van der Waals surface area contributed by atoms with Crippen LogP contribution in [0.1, 0.15) is 45.4 Å². The van der Waals surface area contributed by atoms with Crippen LogP contribution >= 0.6 is 0 Å². The van der Waals surface area contributed by atoms with E-state index < -0.39 is 17.9 Å². The minimum Gasteiger partial charge on any atom is -0.481 e. The maximum Gasteiger partial charge on any atom is 0.321 e. The van der Waals surface area contributed by atoms with Crippen LogP contribution in [0, 0.1) is 5.92 Å². The SMILES string of the molecule is CCCC1CC1NC(=O)NC(=O)CCCC(=O)O. The van der Waals surface area contributed by atoms with Gasteiger partial charge in [-0.1, -0.05) is 13.3 Å². The third-order valence-electron chi connectivity index (χ3n) is 2.95. The van der Waals surface area contributed by atoms with Crippen LogP contribution in [0.5, 0.6) is 0 Å². The Kier molecular flexibility index (Phi) is 5.61. The maximum atomic E-state index is 11.4. The van der Waals surface area contributed by atoms with E-state index in [-0.39, 0.29) is 25.3 Å². The number of carboxylic acids is 1. The van der Waals surface area contributed by atoms with E-state index in [9.17, 15) is 14.4 Å². The zero-order valence-electron chi connectivity index (χ0n) is 10.6. The molecule has 0 radical (unpaired) electrons. The largest absolute Gasteiger partial charge is 0.481 e. The number of carbonyl (C=O) groups excluding carboxylic acids is 2. The summed E-state index contributed by atoms with van der Waals surface area (Å²) in [6, 6.07) is -0.282. The quantitative estimate of drug-likeness (QED) is 0.639. The fourth-order valence-corrected chi connectivity index (χ4v) is 1.91. The summed E-state index contributed by atoms with van der Waals surface area (Å²) in [6.45, 7) is 2.10. The van der Waals surface area contributed by atoms with Crippen LogP contribution < -0.4 is 10.6 Å². The van der Waals surface area contributed by atoms with Crippen molar-refractivity contribution >= 4 is 17.9 Å². The Morgan fingerprint density at radius 3 is 2.61 bits per heavy atom. The number of hydrogen-bond acceptors (Lipinski definition) is 3. The van der Waals surface area contributed by atoms with E-state index in [4.69, 9.17) is 5.11 Å². The molecule has 0 saturated heterocycles. The van der Waals surface area contributed by atoms with E-state index in [1.54, 1.807) is 0 Å². The highest BCUT2D eigenvalue weighted by molar-refractivity contribution is 5.94. The zero-order valence-corrected chi connectivity index (χ0v) is 10.6. The number of imide groups is 1. The lowest BCUT2D eigenvalue weighted by Crippen LogP contribution is -2.40. The molecule has 1 rings (SSSR count). The van der Waals surface area contributed by atoms with Crippen LogP contribution in [-0.2, 0) is 9.59 Å². The highest BCUT2D eigenvalue weighted by Crippen LogP contribution is 2.34. The van der Waals surface area contributed by atoms with Gasteiger partial charge >= 0.3 is 12.0 Å². The first-order valence-electron chi connectivity index (χ1n) is 6.35. The number of aliphatic carboxylic acids is 1. The molecule has 0 spiro atoms. The van der Waals surface area contributed by atoms with E-state index in [2.05, 4.69) is 17.6 Å². The molecule has 3 N–H and O–H groups in total. The average molecular weight is 256 g/mol. The van der Waals surface area contributed by atoms with Gasteiger partial charge in [-0.3, -0.25) is 14.9 Å². The van der Waals surface area contributed by atoms with Crippen molar-refractivity contribution in [1.29, 1.82) is 0 Å². The molecule has 6 nitrogen and oxygen atoms in total. The second-order valence-electron chi connectivity index (χ2n) is 4.66. The molecule has 2 atom stereocenters. The Morgan fingerprint density at radius 2 is 2.00 bits per heavy atom. The van der Waals surface area contributed by atoms with Gasteiger partial charge in [0, 0.05) is 18.9 Å². The zero-order chi connectivity index (χ0) is 13.5. The van der Waals surface area contributed by atoms with Gasteiger partial charge < -0.3 is 10.4 Å². The summed E-state index contributed by atoms with van der Waals surface area (Å²) in [7, 11) is 0. The number of amides is 3. The molecule has 6 heteroatoms.